The van der Waals surface area contributed by atoms with E-state index in [9.17, 15) is 4.79 Å². The zero-order valence-electron chi connectivity index (χ0n) is 10.8. The van der Waals surface area contributed by atoms with Crippen molar-refractivity contribution in [3.8, 4) is 0 Å². The van der Waals surface area contributed by atoms with Gasteiger partial charge in [-0.1, -0.05) is 6.07 Å². The molecular weight excluding hydrogens is 262 g/mol. The van der Waals surface area contributed by atoms with Gasteiger partial charge in [0.1, 0.15) is 12.0 Å². The summed E-state index contributed by atoms with van der Waals surface area (Å²) in [5, 5.41) is 2.08. The first-order valence-corrected chi connectivity index (χ1v) is 6.86. The number of carbonyl (C=O) groups excluding carboxylic acids is 1. The Kier molecular flexibility index (Phi) is 4.73. The molecule has 0 aliphatic heterocycles. The van der Waals surface area contributed by atoms with Crippen molar-refractivity contribution in [2.75, 3.05) is 13.6 Å². The van der Waals surface area contributed by atoms with Crippen LogP contribution in [0.15, 0.2) is 34.3 Å². The Hall–Kier alpha value is -1.63. The molecule has 0 aliphatic carbocycles. The topological polar surface area (TPSA) is 71.5 Å². The lowest BCUT2D eigenvalue weighted by molar-refractivity contribution is 0.0953. The predicted molar refractivity (Wildman–Crippen MR) is 74.7 cm³/mol. The lowest BCUT2D eigenvalue weighted by atomic mass is 10.3. The number of rotatable bonds is 6. The fourth-order valence-electron chi connectivity index (χ4n) is 1.77. The third-order valence-electron chi connectivity index (χ3n) is 2.79. The van der Waals surface area contributed by atoms with Crippen LogP contribution in [0.3, 0.4) is 0 Å². The van der Waals surface area contributed by atoms with Gasteiger partial charge in [-0.2, -0.15) is 0 Å². The summed E-state index contributed by atoms with van der Waals surface area (Å²) in [6.45, 7) is 1.61. The van der Waals surface area contributed by atoms with Crippen molar-refractivity contribution in [1.82, 2.24) is 10.3 Å². The number of hydrazine groups is 1. The minimum atomic E-state index is -0.337. The summed E-state index contributed by atoms with van der Waals surface area (Å²) in [5.41, 5.74) is 2.53. The van der Waals surface area contributed by atoms with E-state index in [0.717, 1.165) is 18.7 Å². The van der Waals surface area contributed by atoms with E-state index in [4.69, 9.17) is 10.3 Å². The number of hydrogen-bond donors (Lipinski definition) is 2. The van der Waals surface area contributed by atoms with Gasteiger partial charge in [0.2, 0.25) is 0 Å². The second-order valence-corrected chi connectivity index (χ2v) is 5.37. The Morgan fingerprint density at radius 3 is 3.11 bits per heavy atom. The largest absolute Gasteiger partial charge is 0.467 e. The summed E-state index contributed by atoms with van der Waals surface area (Å²) in [6, 6.07) is 5.91. The van der Waals surface area contributed by atoms with Crippen molar-refractivity contribution < 1.29 is 9.21 Å². The molecule has 0 unspecified atom stereocenters. The molecule has 0 spiro atoms. The number of thiophene rings is 1. The lowest BCUT2D eigenvalue weighted by Gasteiger charge is -2.13. The first-order valence-electron chi connectivity index (χ1n) is 5.98. The van der Waals surface area contributed by atoms with E-state index in [1.54, 1.807) is 17.4 Å². The summed E-state index contributed by atoms with van der Waals surface area (Å²) in [5.74, 6) is 5.49. The first kappa shape index (κ1) is 13.8. The number of amides is 1. The summed E-state index contributed by atoms with van der Waals surface area (Å²) in [6.07, 6.45) is 2.44. The Bertz CT molecular complexity index is 522. The van der Waals surface area contributed by atoms with Gasteiger partial charge in [0, 0.05) is 11.4 Å². The zero-order chi connectivity index (χ0) is 13.7. The molecule has 0 atom stereocenters. The van der Waals surface area contributed by atoms with Crippen LogP contribution >= 0.6 is 11.3 Å². The Labute approximate surface area is 116 Å². The third kappa shape index (κ3) is 3.92. The number of nitrogens with one attached hydrogen (secondary N) is 1. The average molecular weight is 279 g/mol. The van der Waals surface area contributed by atoms with Crippen LogP contribution in [0.2, 0.25) is 0 Å². The monoisotopic (exact) mass is 279 g/mol. The average Bonchev–Trinajstić information content (AvgIpc) is 3.06. The normalized spacial score (nSPS) is 10.9. The van der Waals surface area contributed by atoms with E-state index in [-0.39, 0.29) is 5.91 Å². The van der Waals surface area contributed by atoms with E-state index in [0.29, 0.717) is 12.1 Å². The maximum Gasteiger partial charge on any atom is 0.268 e. The molecular formula is C13H17N3O2S. The molecule has 0 fully saturated rings. The van der Waals surface area contributed by atoms with Gasteiger partial charge in [0.05, 0.1) is 12.1 Å². The molecule has 0 aliphatic rings. The number of likely N-dealkylation sites (N-methyl/N-ethyl adjacent to an activating group) is 1. The number of carbonyl (C=O) groups is 1. The Morgan fingerprint density at radius 2 is 2.42 bits per heavy atom. The lowest BCUT2D eigenvalue weighted by Crippen LogP contribution is -2.29. The quantitative estimate of drug-likeness (QED) is 0.479. The van der Waals surface area contributed by atoms with Crippen molar-refractivity contribution >= 4 is 17.2 Å². The number of hydrogen-bond acceptors (Lipinski definition) is 5. The molecule has 2 heterocycles. The van der Waals surface area contributed by atoms with Crippen molar-refractivity contribution in [3.63, 3.8) is 0 Å². The minimum absolute atomic E-state index is 0.337. The standard InChI is InChI=1S/C13H17N3O2S/c1-16(5-4-12-3-2-6-19-12)8-11-7-10(9-18-11)13(17)15-14/h2-3,6-7,9H,4-5,8,14H2,1H3,(H,15,17). The molecule has 0 saturated heterocycles. The van der Waals surface area contributed by atoms with Crippen molar-refractivity contribution in [3.05, 3.63) is 46.0 Å². The fourth-order valence-corrected chi connectivity index (χ4v) is 2.47. The molecule has 1 amide bonds. The highest BCUT2D eigenvalue weighted by atomic mass is 32.1. The zero-order valence-corrected chi connectivity index (χ0v) is 11.6. The van der Waals surface area contributed by atoms with Gasteiger partial charge in [-0.15, -0.1) is 11.3 Å². The molecule has 0 aromatic carbocycles. The molecule has 2 rings (SSSR count). The molecule has 2 aromatic heterocycles. The second-order valence-electron chi connectivity index (χ2n) is 4.34. The summed E-state index contributed by atoms with van der Waals surface area (Å²) in [7, 11) is 2.03. The van der Waals surface area contributed by atoms with Gasteiger partial charge in [0.15, 0.2) is 0 Å². The Balaban J connectivity index is 1.83. The van der Waals surface area contributed by atoms with Crippen LogP contribution in [-0.2, 0) is 13.0 Å². The first-order chi connectivity index (χ1) is 9.19. The third-order valence-corrected chi connectivity index (χ3v) is 3.73. The number of nitrogens with zero attached hydrogens (tertiary/aromatic N) is 1. The van der Waals surface area contributed by atoms with Crippen LogP contribution in [0, 0.1) is 0 Å². The Morgan fingerprint density at radius 1 is 1.58 bits per heavy atom. The van der Waals surface area contributed by atoms with E-state index >= 15 is 0 Å². The van der Waals surface area contributed by atoms with Crippen LogP contribution < -0.4 is 11.3 Å². The number of nitrogens with two attached hydrogens (primary N) is 1. The van der Waals surface area contributed by atoms with Crippen LogP contribution in [0.5, 0.6) is 0 Å². The highest BCUT2D eigenvalue weighted by Crippen LogP contribution is 2.12. The van der Waals surface area contributed by atoms with Crippen LogP contribution in [-0.4, -0.2) is 24.4 Å². The van der Waals surface area contributed by atoms with Crippen molar-refractivity contribution in [2.24, 2.45) is 5.84 Å². The molecule has 0 bridgehead atoms. The van der Waals surface area contributed by atoms with Gasteiger partial charge < -0.3 is 4.42 Å². The van der Waals surface area contributed by atoms with Gasteiger partial charge in [0.25, 0.3) is 5.91 Å². The highest BCUT2D eigenvalue weighted by molar-refractivity contribution is 7.09. The van der Waals surface area contributed by atoms with E-state index in [2.05, 4.69) is 27.8 Å². The van der Waals surface area contributed by atoms with Gasteiger partial charge in [-0.05, 0) is 31.0 Å². The summed E-state index contributed by atoms with van der Waals surface area (Å²) in [4.78, 5) is 14.8. The smallest absolute Gasteiger partial charge is 0.268 e. The molecule has 102 valence electrons. The highest BCUT2D eigenvalue weighted by Gasteiger charge is 2.10. The van der Waals surface area contributed by atoms with Gasteiger partial charge in [-0.3, -0.25) is 15.1 Å². The SMILES string of the molecule is CN(CCc1cccs1)Cc1cc(C(=O)NN)co1. The van der Waals surface area contributed by atoms with Crippen LogP contribution in [0.25, 0.3) is 0 Å². The number of nitrogen functional groups attached to an aromatic ring is 1. The molecule has 6 heteroatoms. The maximum absolute atomic E-state index is 11.3. The molecule has 19 heavy (non-hydrogen) atoms. The minimum Gasteiger partial charge on any atom is -0.467 e. The van der Waals surface area contributed by atoms with Gasteiger partial charge in [-0.25, -0.2) is 5.84 Å². The molecule has 0 saturated carbocycles. The van der Waals surface area contributed by atoms with Crippen molar-refractivity contribution in [2.45, 2.75) is 13.0 Å². The van der Waals surface area contributed by atoms with Crippen LogP contribution in [0.1, 0.15) is 21.0 Å². The molecule has 2 aromatic rings. The van der Waals surface area contributed by atoms with Gasteiger partial charge >= 0.3 is 0 Å². The molecule has 3 N–H and O–H groups in total. The summed E-state index contributed by atoms with van der Waals surface area (Å²) < 4.78 is 5.34. The molecule has 5 nitrogen and oxygen atoms in total. The van der Waals surface area contributed by atoms with E-state index in [1.807, 2.05) is 7.05 Å². The van der Waals surface area contributed by atoms with Crippen LogP contribution in [0.4, 0.5) is 0 Å². The maximum atomic E-state index is 11.3. The van der Waals surface area contributed by atoms with Crippen molar-refractivity contribution in [1.29, 1.82) is 0 Å². The molecule has 0 radical (unpaired) electrons. The summed E-state index contributed by atoms with van der Waals surface area (Å²) >= 11 is 1.77. The number of furan rings is 1. The second kappa shape index (κ2) is 6.51. The fraction of sp³-hybridized carbons (Fsp3) is 0.308. The predicted octanol–water partition coefficient (Wildman–Crippen LogP) is 1.62. The van der Waals surface area contributed by atoms with E-state index < -0.39 is 0 Å². The van der Waals surface area contributed by atoms with E-state index in [1.165, 1.54) is 11.1 Å².